The van der Waals surface area contributed by atoms with E-state index in [0.29, 0.717) is 0 Å². The second kappa shape index (κ2) is 6.28. The van der Waals surface area contributed by atoms with Crippen LogP contribution in [-0.2, 0) is 11.2 Å². The molecule has 0 saturated carbocycles. The first-order valence-electron chi connectivity index (χ1n) is 5.92. The second-order valence-corrected chi connectivity index (χ2v) is 4.51. The largest absolute Gasteiger partial charge is 0.497 e. The van der Waals surface area contributed by atoms with Crippen LogP contribution in [-0.4, -0.2) is 31.5 Å². The SMILES string of the molecule is COc1ccc(CCN(C)C(=O)C(C)C)cc1. The van der Waals surface area contributed by atoms with Crippen molar-refractivity contribution < 1.29 is 9.53 Å². The number of carbonyl (C=O) groups excluding carboxylic acids is 1. The quantitative estimate of drug-likeness (QED) is 0.784. The zero-order valence-corrected chi connectivity index (χ0v) is 11.1. The van der Waals surface area contributed by atoms with Crippen molar-refractivity contribution in [3.63, 3.8) is 0 Å². The predicted molar refractivity (Wildman–Crippen MR) is 69.2 cm³/mol. The van der Waals surface area contributed by atoms with Gasteiger partial charge in [0.05, 0.1) is 7.11 Å². The van der Waals surface area contributed by atoms with E-state index in [2.05, 4.69) is 0 Å². The first-order valence-corrected chi connectivity index (χ1v) is 5.92. The molecule has 0 heterocycles. The molecule has 1 aromatic carbocycles. The number of likely N-dealkylation sites (N-methyl/N-ethyl adjacent to an activating group) is 1. The monoisotopic (exact) mass is 235 g/mol. The van der Waals surface area contributed by atoms with E-state index in [1.165, 1.54) is 5.56 Å². The Labute approximate surface area is 103 Å². The summed E-state index contributed by atoms with van der Waals surface area (Å²) in [4.78, 5) is 13.5. The molecule has 0 bridgehead atoms. The van der Waals surface area contributed by atoms with Crippen LogP contribution in [0.3, 0.4) is 0 Å². The summed E-state index contributed by atoms with van der Waals surface area (Å²) >= 11 is 0. The number of benzene rings is 1. The molecule has 0 aromatic heterocycles. The minimum Gasteiger partial charge on any atom is -0.497 e. The fourth-order valence-corrected chi connectivity index (χ4v) is 1.64. The van der Waals surface area contributed by atoms with E-state index in [0.717, 1.165) is 18.7 Å². The van der Waals surface area contributed by atoms with Crippen molar-refractivity contribution in [2.24, 2.45) is 5.92 Å². The van der Waals surface area contributed by atoms with E-state index in [-0.39, 0.29) is 11.8 Å². The number of carbonyl (C=O) groups is 1. The van der Waals surface area contributed by atoms with Gasteiger partial charge in [0.1, 0.15) is 5.75 Å². The Hall–Kier alpha value is -1.51. The van der Waals surface area contributed by atoms with Gasteiger partial charge in [-0.1, -0.05) is 26.0 Å². The Kier molecular flexibility index (Phi) is 5.01. The number of methoxy groups -OCH3 is 1. The van der Waals surface area contributed by atoms with Crippen molar-refractivity contribution >= 4 is 5.91 Å². The van der Waals surface area contributed by atoms with E-state index < -0.39 is 0 Å². The minimum absolute atomic E-state index is 0.0656. The lowest BCUT2D eigenvalue weighted by molar-refractivity contribution is -0.133. The van der Waals surface area contributed by atoms with Crippen LogP contribution in [0.15, 0.2) is 24.3 Å². The Bertz CT molecular complexity index is 357. The average Bonchev–Trinajstić information content (AvgIpc) is 2.35. The lowest BCUT2D eigenvalue weighted by Gasteiger charge is -2.19. The smallest absolute Gasteiger partial charge is 0.224 e. The maximum Gasteiger partial charge on any atom is 0.224 e. The Morgan fingerprint density at radius 2 is 1.88 bits per heavy atom. The van der Waals surface area contributed by atoms with Crippen LogP contribution in [0, 0.1) is 5.92 Å². The van der Waals surface area contributed by atoms with Crippen LogP contribution in [0.1, 0.15) is 19.4 Å². The van der Waals surface area contributed by atoms with Gasteiger partial charge >= 0.3 is 0 Å². The number of ether oxygens (including phenoxy) is 1. The van der Waals surface area contributed by atoms with Crippen LogP contribution in [0.2, 0.25) is 0 Å². The topological polar surface area (TPSA) is 29.5 Å². The van der Waals surface area contributed by atoms with Crippen LogP contribution in [0.4, 0.5) is 0 Å². The van der Waals surface area contributed by atoms with Gasteiger partial charge < -0.3 is 9.64 Å². The van der Waals surface area contributed by atoms with Crippen molar-refractivity contribution in [1.82, 2.24) is 4.90 Å². The minimum atomic E-state index is 0.0656. The molecule has 17 heavy (non-hydrogen) atoms. The Balaban J connectivity index is 2.47. The van der Waals surface area contributed by atoms with Gasteiger partial charge in [0, 0.05) is 19.5 Å². The van der Waals surface area contributed by atoms with Crippen LogP contribution >= 0.6 is 0 Å². The summed E-state index contributed by atoms with van der Waals surface area (Å²) < 4.78 is 5.10. The van der Waals surface area contributed by atoms with Gasteiger partial charge in [-0.15, -0.1) is 0 Å². The number of amides is 1. The van der Waals surface area contributed by atoms with Gasteiger partial charge in [-0.05, 0) is 24.1 Å². The van der Waals surface area contributed by atoms with Crippen molar-refractivity contribution in [2.75, 3.05) is 20.7 Å². The molecule has 3 nitrogen and oxygen atoms in total. The maximum atomic E-state index is 11.7. The molecule has 1 amide bonds. The van der Waals surface area contributed by atoms with Gasteiger partial charge in [0.25, 0.3) is 0 Å². The molecule has 0 fully saturated rings. The van der Waals surface area contributed by atoms with Crippen LogP contribution in [0.25, 0.3) is 0 Å². The molecule has 0 radical (unpaired) electrons. The fourth-order valence-electron chi connectivity index (χ4n) is 1.64. The van der Waals surface area contributed by atoms with Crippen molar-refractivity contribution in [1.29, 1.82) is 0 Å². The third kappa shape index (κ3) is 4.10. The number of nitrogens with zero attached hydrogens (tertiary/aromatic N) is 1. The molecular weight excluding hydrogens is 214 g/mol. The number of hydrogen-bond donors (Lipinski definition) is 0. The fraction of sp³-hybridized carbons (Fsp3) is 0.500. The molecule has 0 aliphatic heterocycles. The highest BCUT2D eigenvalue weighted by Gasteiger charge is 2.12. The third-order valence-electron chi connectivity index (χ3n) is 2.77. The maximum absolute atomic E-state index is 11.7. The van der Waals surface area contributed by atoms with Crippen molar-refractivity contribution in [2.45, 2.75) is 20.3 Å². The first kappa shape index (κ1) is 13.6. The molecule has 0 spiro atoms. The molecule has 94 valence electrons. The van der Waals surface area contributed by atoms with Gasteiger partial charge in [-0.2, -0.15) is 0 Å². The highest BCUT2D eigenvalue weighted by molar-refractivity contribution is 5.77. The van der Waals surface area contributed by atoms with Gasteiger partial charge in [-0.3, -0.25) is 4.79 Å². The van der Waals surface area contributed by atoms with Gasteiger partial charge in [0.15, 0.2) is 0 Å². The van der Waals surface area contributed by atoms with Crippen LogP contribution in [0.5, 0.6) is 5.75 Å². The molecule has 0 aliphatic carbocycles. The number of hydrogen-bond acceptors (Lipinski definition) is 2. The lowest BCUT2D eigenvalue weighted by Crippen LogP contribution is -2.32. The number of rotatable bonds is 5. The van der Waals surface area contributed by atoms with E-state index in [9.17, 15) is 4.79 Å². The van der Waals surface area contributed by atoms with E-state index in [1.807, 2.05) is 45.2 Å². The molecule has 0 atom stereocenters. The summed E-state index contributed by atoms with van der Waals surface area (Å²) in [5.74, 6) is 1.12. The standard InChI is InChI=1S/C14H21NO2/c1-11(2)14(16)15(3)10-9-12-5-7-13(17-4)8-6-12/h5-8,11H,9-10H2,1-4H3. The van der Waals surface area contributed by atoms with Gasteiger partial charge in [0.2, 0.25) is 5.91 Å². The van der Waals surface area contributed by atoms with Gasteiger partial charge in [-0.25, -0.2) is 0 Å². The summed E-state index contributed by atoms with van der Waals surface area (Å²) in [6, 6.07) is 7.96. The summed E-state index contributed by atoms with van der Waals surface area (Å²) in [6.45, 7) is 4.60. The summed E-state index contributed by atoms with van der Waals surface area (Å²) in [7, 11) is 3.51. The van der Waals surface area contributed by atoms with E-state index in [1.54, 1.807) is 12.0 Å². The Morgan fingerprint density at radius 3 is 2.35 bits per heavy atom. The van der Waals surface area contributed by atoms with Crippen molar-refractivity contribution in [3.8, 4) is 5.75 Å². The first-order chi connectivity index (χ1) is 8.04. The average molecular weight is 235 g/mol. The molecule has 3 heteroatoms. The second-order valence-electron chi connectivity index (χ2n) is 4.51. The highest BCUT2D eigenvalue weighted by atomic mass is 16.5. The van der Waals surface area contributed by atoms with E-state index in [4.69, 9.17) is 4.74 Å². The summed E-state index contributed by atoms with van der Waals surface area (Å²) in [6.07, 6.45) is 0.874. The molecule has 0 aliphatic rings. The normalized spacial score (nSPS) is 10.4. The summed E-state index contributed by atoms with van der Waals surface area (Å²) in [5.41, 5.74) is 1.22. The Morgan fingerprint density at radius 1 is 1.29 bits per heavy atom. The van der Waals surface area contributed by atoms with E-state index >= 15 is 0 Å². The molecule has 1 rings (SSSR count). The molecule has 0 saturated heterocycles. The summed E-state index contributed by atoms with van der Waals surface area (Å²) in [5, 5.41) is 0. The zero-order chi connectivity index (χ0) is 12.8. The molecular formula is C14H21NO2. The lowest BCUT2D eigenvalue weighted by atomic mass is 10.1. The molecule has 0 unspecified atom stereocenters. The zero-order valence-electron chi connectivity index (χ0n) is 11.1. The predicted octanol–water partition coefficient (Wildman–Crippen LogP) is 2.35. The van der Waals surface area contributed by atoms with Crippen molar-refractivity contribution in [3.05, 3.63) is 29.8 Å². The molecule has 1 aromatic rings. The van der Waals surface area contributed by atoms with Crippen LogP contribution < -0.4 is 4.74 Å². The third-order valence-corrected chi connectivity index (χ3v) is 2.77. The molecule has 0 N–H and O–H groups in total. The highest BCUT2D eigenvalue weighted by Crippen LogP contribution is 2.12.